The van der Waals surface area contributed by atoms with E-state index in [1.807, 2.05) is 19.1 Å². The summed E-state index contributed by atoms with van der Waals surface area (Å²) in [6.45, 7) is 3.59. The molecule has 33 heavy (non-hydrogen) atoms. The number of pyridine rings is 2. The molecule has 2 amide bonds. The van der Waals surface area contributed by atoms with Crippen LogP contribution in [0.15, 0.2) is 59.5 Å². The number of amides is 2. The summed E-state index contributed by atoms with van der Waals surface area (Å²) in [5, 5.41) is 9.00. The number of rotatable bonds is 4. The molecular weight excluding hydrogens is 421 g/mol. The van der Waals surface area contributed by atoms with Crippen LogP contribution >= 0.6 is 0 Å². The Morgan fingerprint density at radius 2 is 1.70 bits per heavy atom. The molecule has 2 heterocycles. The van der Waals surface area contributed by atoms with Crippen LogP contribution in [0.25, 0.3) is 22.0 Å². The molecule has 4 rings (SSSR count). The summed E-state index contributed by atoms with van der Waals surface area (Å²) < 4.78 is 16.2. The number of hydrogen-bond acceptors (Lipinski definition) is 4. The van der Waals surface area contributed by atoms with Crippen molar-refractivity contribution in [3.05, 3.63) is 82.0 Å². The standard InChI is InChI=1S/C25H24FN5O2/c1-14-7-5-6-8-20(14)29-25(33)30-21-11-17(15(2)9-19(21)26)18-10-16-13-28-23(27-3)12-22(16)31(4)24(18)32/h5-13H,1-4H3,(H,27,28)(H2,29,30,33). The average Bonchev–Trinajstić information content (AvgIpc) is 2.79. The molecule has 0 aliphatic rings. The Morgan fingerprint density at radius 3 is 2.42 bits per heavy atom. The van der Waals surface area contributed by atoms with Gasteiger partial charge in [-0.2, -0.15) is 0 Å². The summed E-state index contributed by atoms with van der Waals surface area (Å²) in [5.74, 6) is 0.0588. The van der Waals surface area contributed by atoms with E-state index in [1.54, 1.807) is 51.5 Å². The summed E-state index contributed by atoms with van der Waals surface area (Å²) >= 11 is 0. The number of para-hydroxylation sites is 1. The summed E-state index contributed by atoms with van der Waals surface area (Å²) in [6.07, 6.45) is 1.68. The normalized spacial score (nSPS) is 10.8. The third-order valence-electron chi connectivity index (χ3n) is 5.61. The Bertz CT molecular complexity index is 1450. The molecule has 0 saturated heterocycles. The molecule has 168 valence electrons. The molecule has 7 nitrogen and oxygen atoms in total. The van der Waals surface area contributed by atoms with E-state index in [1.165, 1.54) is 16.7 Å². The Balaban J connectivity index is 1.74. The molecule has 0 aliphatic carbocycles. The van der Waals surface area contributed by atoms with Crippen LogP contribution in [0.2, 0.25) is 0 Å². The fraction of sp³-hybridized carbons (Fsp3) is 0.160. The van der Waals surface area contributed by atoms with Crippen molar-refractivity contribution in [3.8, 4) is 11.1 Å². The number of aromatic nitrogens is 2. The van der Waals surface area contributed by atoms with Gasteiger partial charge in [0, 0.05) is 43.0 Å². The molecule has 2 aromatic heterocycles. The van der Waals surface area contributed by atoms with Gasteiger partial charge in [-0.15, -0.1) is 0 Å². The van der Waals surface area contributed by atoms with Gasteiger partial charge < -0.3 is 20.5 Å². The van der Waals surface area contributed by atoms with E-state index in [-0.39, 0.29) is 11.2 Å². The van der Waals surface area contributed by atoms with Crippen molar-refractivity contribution in [2.45, 2.75) is 13.8 Å². The fourth-order valence-corrected chi connectivity index (χ4v) is 3.74. The lowest BCUT2D eigenvalue weighted by Crippen LogP contribution is -2.21. The topological polar surface area (TPSA) is 88.1 Å². The minimum absolute atomic E-state index is 0.0208. The van der Waals surface area contributed by atoms with Crippen LogP contribution in [0.3, 0.4) is 0 Å². The lowest BCUT2D eigenvalue weighted by Gasteiger charge is -2.15. The maximum atomic E-state index is 14.7. The molecular formula is C25H24FN5O2. The molecule has 8 heteroatoms. The molecule has 0 radical (unpaired) electrons. The van der Waals surface area contributed by atoms with Crippen LogP contribution in [0.4, 0.5) is 26.4 Å². The highest BCUT2D eigenvalue weighted by Gasteiger charge is 2.16. The van der Waals surface area contributed by atoms with Gasteiger partial charge in [0.25, 0.3) is 5.56 Å². The molecule has 0 bridgehead atoms. The number of urea groups is 1. The van der Waals surface area contributed by atoms with Crippen molar-refractivity contribution in [2.75, 3.05) is 23.0 Å². The Kier molecular flexibility index (Phi) is 5.83. The van der Waals surface area contributed by atoms with Crippen LogP contribution in [-0.2, 0) is 7.05 Å². The first-order valence-electron chi connectivity index (χ1n) is 10.4. The highest BCUT2D eigenvalue weighted by atomic mass is 19.1. The van der Waals surface area contributed by atoms with E-state index in [4.69, 9.17) is 0 Å². The number of benzene rings is 2. The summed E-state index contributed by atoms with van der Waals surface area (Å²) in [5.41, 5.74) is 3.47. The second-order valence-corrected chi connectivity index (χ2v) is 7.84. The quantitative estimate of drug-likeness (QED) is 0.411. The number of halogens is 1. The smallest absolute Gasteiger partial charge is 0.323 e. The zero-order chi connectivity index (χ0) is 23.7. The predicted molar refractivity (Wildman–Crippen MR) is 130 cm³/mol. The Morgan fingerprint density at radius 1 is 0.970 bits per heavy atom. The van der Waals surface area contributed by atoms with Crippen molar-refractivity contribution in [2.24, 2.45) is 7.05 Å². The molecule has 0 atom stereocenters. The van der Waals surface area contributed by atoms with Crippen LogP contribution in [-0.4, -0.2) is 22.6 Å². The maximum absolute atomic E-state index is 14.7. The fourth-order valence-electron chi connectivity index (χ4n) is 3.74. The van der Waals surface area contributed by atoms with Gasteiger partial charge in [-0.1, -0.05) is 18.2 Å². The summed E-state index contributed by atoms with van der Waals surface area (Å²) in [7, 11) is 3.44. The lowest BCUT2D eigenvalue weighted by atomic mass is 9.99. The number of nitrogens with zero attached hydrogens (tertiary/aromatic N) is 2. The van der Waals surface area contributed by atoms with E-state index < -0.39 is 11.8 Å². The molecule has 0 unspecified atom stereocenters. The number of carbonyl (C=O) groups is 1. The molecule has 0 fully saturated rings. The van der Waals surface area contributed by atoms with Gasteiger partial charge in [-0.3, -0.25) is 4.79 Å². The first kappa shape index (κ1) is 22.0. The van der Waals surface area contributed by atoms with E-state index in [2.05, 4.69) is 20.9 Å². The monoisotopic (exact) mass is 445 g/mol. The van der Waals surface area contributed by atoms with Crippen molar-refractivity contribution in [1.29, 1.82) is 0 Å². The number of fused-ring (bicyclic) bond motifs is 1. The van der Waals surface area contributed by atoms with E-state index in [0.29, 0.717) is 28.2 Å². The van der Waals surface area contributed by atoms with Crippen LogP contribution in [0, 0.1) is 19.7 Å². The average molecular weight is 445 g/mol. The number of hydrogen-bond donors (Lipinski definition) is 3. The van der Waals surface area contributed by atoms with Gasteiger partial charge >= 0.3 is 6.03 Å². The second kappa shape index (κ2) is 8.74. The molecule has 0 spiro atoms. The first-order chi connectivity index (χ1) is 15.8. The predicted octanol–water partition coefficient (Wildman–Crippen LogP) is 5.04. The molecule has 3 N–H and O–H groups in total. The summed E-state index contributed by atoms with van der Waals surface area (Å²) in [6, 6.07) is 13.0. The molecule has 0 saturated carbocycles. The second-order valence-electron chi connectivity index (χ2n) is 7.84. The number of aryl methyl sites for hydroxylation is 3. The zero-order valence-corrected chi connectivity index (χ0v) is 18.8. The van der Waals surface area contributed by atoms with Gasteiger partial charge in [0.1, 0.15) is 11.6 Å². The van der Waals surface area contributed by atoms with Crippen molar-refractivity contribution in [3.63, 3.8) is 0 Å². The van der Waals surface area contributed by atoms with Crippen molar-refractivity contribution < 1.29 is 9.18 Å². The first-order valence-corrected chi connectivity index (χ1v) is 10.4. The number of anilines is 3. The Hall–Kier alpha value is -4.20. The van der Waals surface area contributed by atoms with Crippen LogP contribution < -0.4 is 21.5 Å². The molecule has 2 aromatic carbocycles. The van der Waals surface area contributed by atoms with E-state index in [9.17, 15) is 14.0 Å². The molecule has 4 aromatic rings. The minimum atomic E-state index is -0.589. The third kappa shape index (κ3) is 4.27. The highest BCUT2D eigenvalue weighted by molar-refractivity contribution is 6.00. The largest absolute Gasteiger partial charge is 0.373 e. The minimum Gasteiger partial charge on any atom is -0.373 e. The van der Waals surface area contributed by atoms with Crippen LogP contribution in [0.1, 0.15) is 11.1 Å². The van der Waals surface area contributed by atoms with E-state index in [0.717, 1.165) is 16.5 Å². The Labute approximate surface area is 190 Å². The van der Waals surface area contributed by atoms with Crippen LogP contribution in [0.5, 0.6) is 0 Å². The number of nitrogens with one attached hydrogen (secondary N) is 3. The number of carbonyl (C=O) groups excluding carboxylic acids is 1. The van der Waals surface area contributed by atoms with Gasteiger partial charge in [0.2, 0.25) is 0 Å². The summed E-state index contributed by atoms with van der Waals surface area (Å²) in [4.78, 5) is 30.0. The highest BCUT2D eigenvalue weighted by Crippen LogP contribution is 2.29. The van der Waals surface area contributed by atoms with Gasteiger partial charge in [0.05, 0.1) is 11.2 Å². The van der Waals surface area contributed by atoms with Gasteiger partial charge in [0.15, 0.2) is 0 Å². The van der Waals surface area contributed by atoms with Gasteiger partial charge in [-0.25, -0.2) is 14.2 Å². The zero-order valence-electron chi connectivity index (χ0n) is 18.8. The lowest BCUT2D eigenvalue weighted by molar-refractivity contribution is 0.262. The maximum Gasteiger partial charge on any atom is 0.323 e. The van der Waals surface area contributed by atoms with Gasteiger partial charge in [-0.05, 0) is 54.8 Å². The van der Waals surface area contributed by atoms with Crippen molar-refractivity contribution >= 4 is 34.1 Å². The molecule has 0 aliphatic heterocycles. The van der Waals surface area contributed by atoms with Crippen molar-refractivity contribution in [1.82, 2.24) is 9.55 Å². The van der Waals surface area contributed by atoms with E-state index >= 15 is 0 Å². The third-order valence-corrected chi connectivity index (χ3v) is 5.61. The SMILES string of the molecule is CNc1cc2c(cn1)cc(-c1cc(NC(=O)Nc3ccccc3C)c(F)cc1C)c(=O)n2C.